The highest BCUT2D eigenvalue weighted by atomic mass is 19.1. The minimum absolute atomic E-state index is 0.0327. The number of rotatable bonds is 10. The fourth-order valence-electron chi connectivity index (χ4n) is 5.44. The van der Waals surface area contributed by atoms with E-state index in [1.165, 1.54) is 12.1 Å². The second-order valence-corrected chi connectivity index (χ2v) is 10.6. The van der Waals surface area contributed by atoms with E-state index in [-0.39, 0.29) is 29.6 Å². The monoisotopic (exact) mass is 532 g/mol. The molecule has 0 saturated carbocycles. The Morgan fingerprint density at radius 2 is 1.77 bits per heavy atom. The van der Waals surface area contributed by atoms with Crippen LogP contribution in [0.1, 0.15) is 61.6 Å². The maximum Gasteiger partial charge on any atom is 0.227 e. The number of halogens is 1. The Morgan fingerprint density at radius 1 is 1.05 bits per heavy atom. The van der Waals surface area contributed by atoms with Crippen molar-refractivity contribution in [1.29, 1.82) is 0 Å². The molecule has 2 amide bonds. The number of amides is 2. The smallest absolute Gasteiger partial charge is 0.227 e. The van der Waals surface area contributed by atoms with E-state index in [0.717, 1.165) is 55.8 Å². The van der Waals surface area contributed by atoms with Gasteiger partial charge >= 0.3 is 0 Å². The Labute approximate surface area is 229 Å². The molecule has 1 N–H and O–H groups in total. The van der Waals surface area contributed by atoms with E-state index >= 15 is 0 Å². The van der Waals surface area contributed by atoms with Crippen LogP contribution in [0.15, 0.2) is 60.9 Å². The molecule has 0 aliphatic carbocycles. The van der Waals surface area contributed by atoms with Crippen molar-refractivity contribution in [2.75, 3.05) is 32.7 Å². The molecule has 2 aliphatic rings. The summed E-state index contributed by atoms with van der Waals surface area (Å²) in [6.07, 6.45) is 5.69. The van der Waals surface area contributed by atoms with E-state index in [2.05, 4.69) is 27.3 Å². The van der Waals surface area contributed by atoms with Crippen LogP contribution in [0.2, 0.25) is 0 Å². The van der Waals surface area contributed by atoms with Crippen LogP contribution in [0.25, 0.3) is 0 Å². The molecule has 206 valence electrons. The molecular weight excluding hydrogens is 495 g/mol. The van der Waals surface area contributed by atoms with Crippen molar-refractivity contribution in [2.45, 2.75) is 51.1 Å². The number of carbonyl (C=O) groups is 2. The van der Waals surface area contributed by atoms with E-state index in [9.17, 15) is 14.0 Å². The highest BCUT2D eigenvalue weighted by Crippen LogP contribution is 2.25. The van der Waals surface area contributed by atoms with Crippen molar-refractivity contribution in [3.8, 4) is 0 Å². The minimum Gasteiger partial charge on any atom is -0.349 e. The van der Waals surface area contributed by atoms with Gasteiger partial charge in [0.1, 0.15) is 12.1 Å². The van der Waals surface area contributed by atoms with Gasteiger partial charge in [0.2, 0.25) is 11.8 Å². The molecule has 2 aliphatic heterocycles. The zero-order valence-corrected chi connectivity index (χ0v) is 22.5. The number of piperidine rings is 1. The number of benzene rings is 2. The molecule has 5 rings (SSSR count). The highest BCUT2D eigenvalue weighted by Gasteiger charge is 2.36. The van der Waals surface area contributed by atoms with E-state index in [4.69, 9.17) is 5.10 Å². The zero-order chi connectivity index (χ0) is 27.2. The van der Waals surface area contributed by atoms with Gasteiger partial charge < -0.3 is 15.1 Å². The molecule has 2 aromatic carbocycles. The Bertz CT molecular complexity index is 1230. The maximum atomic E-state index is 13.2. The number of nitrogens with zero attached hydrogens (tertiary/aromatic N) is 5. The largest absolute Gasteiger partial charge is 0.349 e. The fraction of sp³-hybridized carbons (Fsp3) is 0.467. The first-order valence-electron chi connectivity index (χ1n) is 14.0. The van der Waals surface area contributed by atoms with Crippen molar-refractivity contribution in [3.63, 3.8) is 0 Å². The lowest BCUT2D eigenvalue weighted by atomic mass is 9.96. The first kappa shape index (κ1) is 27.0. The van der Waals surface area contributed by atoms with Crippen molar-refractivity contribution < 1.29 is 14.0 Å². The normalized spacial score (nSPS) is 17.5. The molecule has 0 bridgehead atoms. The maximum absolute atomic E-state index is 13.2. The number of aromatic nitrogens is 3. The van der Waals surface area contributed by atoms with Gasteiger partial charge in [0.05, 0.1) is 18.0 Å². The molecule has 39 heavy (non-hydrogen) atoms. The minimum atomic E-state index is -0.240. The predicted octanol–water partition coefficient (Wildman–Crippen LogP) is 3.76. The summed E-state index contributed by atoms with van der Waals surface area (Å²) < 4.78 is 15.2. The van der Waals surface area contributed by atoms with E-state index in [0.29, 0.717) is 32.0 Å². The van der Waals surface area contributed by atoms with Crippen LogP contribution in [0, 0.1) is 11.7 Å². The molecule has 0 unspecified atom stereocenters. The third-order valence-corrected chi connectivity index (χ3v) is 7.92. The van der Waals surface area contributed by atoms with E-state index in [1.54, 1.807) is 17.0 Å². The van der Waals surface area contributed by atoms with Crippen LogP contribution >= 0.6 is 0 Å². The topological polar surface area (TPSA) is 83.4 Å². The second-order valence-electron chi connectivity index (χ2n) is 10.6. The summed E-state index contributed by atoms with van der Waals surface area (Å²) in [4.78, 5) is 33.5. The molecule has 3 aromatic rings. The van der Waals surface area contributed by atoms with Gasteiger partial charge in [-0.3, -0.25) is 9.59 Å². The highest BCUT2D eigenvalue weighted by molar-refractivity contribution is 5.84. The number of carbonyl (C=O) groups excluding carboxylic acids is 2. The summed E-state index contributed by atoms with van der Waals surface area (Å²) in [5.74, 6) is 0.524. The molecule has 0 radical (unpaired) electrons. The lowest BCUT2D eigenvalue weighted by Gasteiger charge is -2.39. The second kappa shape index (κ2) is 12.5. The molecular formula is C30H37FN6O2. The summed E-state index contributed by atoms with van der Waals surface area (Å²) in [6, 6.07) is 16.9. The first-order chi connectivity index (χ1) is 19.0. The Balaban J connectivity index is 1.11. The number of hydrogen-bond acceptors (Lipinski definition) is 5. The molecule has 9 heteroatoms. The molecule has 0 spiro atoms. The van der Waals surface area contributed by atoms with E-state index < -0.39 is 0 Å². The summed E-state index contributed by atoms with van der Waals surface area (Å²) in [5.41, 5.74) is 2.10. The van der Waals surface area contributed by atoms with Crippen molar-refractivity contribution in [3.05, 3.63) is 83.7 Å². The van der Waals surface area contributed by atoms with Crippen LogP contribution in [-0.2, 0) is 16.0 Å². The standard InChI is InChI=1S/C30H37FN6O2/c1-2-29(38)36-19-24(20-36)30(39)33-27(23-6-4-3-5-7-23)14-17-35-15-12-26(13-16-35)37-21-32-28(34-37)18-22-8-10-25(31)11-9-22/h3-11,21,24,26-27H,2,12-20H2,1H3,(H,33,39)/t27-/m0/s1. The molecule has 1 aromatic heterocycles. The van der Waals surface area contributed by atoms with Gasteiger partial charge in [-0.2, -0.15) is 5.10 Å². The quantitative estimate of drug-likeness (QED) is 0.430. The third kappa shape index (κ3) is 6.89. The average Bonchev–Trinajstić information content (AvgIpc) is 3.40. The Hall–Kier alpha value is -3.59. The predicted molar refractivity (Wildman–Crippen MR) is 146 cm³/mol. The van der Waals surface area contributed by atoms with E-state index in [1.807, 2.05) is 36.1 Å². The average molecular weight is 533 g/mol. The summed E-state index contributed by atoms with van der Waals surface area (Å²) in [5, 5.41) is 7.96. The van der Waals surface area contributed by atoms with Gasteiger partial charge in [0, 0.05) is 45.6 Å². The molecule has 1 atom stereocenters. The van der Waals surface area contributed by atoms with Gasteiger partial charge in [-0.1, -0.05) is 49.4 Å². The van der Waals surface area contributed by atoms with Crippen LogP contribution < -0.4 is 5.32 Å². The van der Waals surface area contributed by atoms with Crippen LogP contribution in [0.3, 0.4) is 0 Å². The van der Waals surface area contributed by atoms with Crippen LogP contribution in [-0.4, -0.2) is 69.1 Å². The van der Waals surface area contributed by atoms with Crippen molar-refractivity contribution in [2.24, 2.45) is 5.92 Å². The lowest BCUT2D eigenvalue weighted by molar-refractivity contribution is -0.143. The SMILES string of the molecule is CCC(=O)N1CC(C(=O)N[C@@H](CCN2CCC(n3cnc(Cc4ccc(F)cc4)n3)CC2)c2ccccc2)C1. The number of nitrogens with one attached hydrogen (secondary N) is 1. The van der Waals surface area contributed by atoms with Gasteiger partial charge in [-0.05, 0) is 42.5 Å². The Morgan fingerprint density at radius 3 is 2.46 bits per heavy atom. The number of hydrogen-bond donors (Lipinski definition) is 1. The summed E-state index contributed by atoms with van der Waals surface area (Å²) in [6.45, 7) is 5.70. The first-order valence-corrected chi connectivity index (χ1v) is 14.0. The van der Waals surface area contributed by atoms with Gasteiger partial charge in [0.25, 0.3) is 0 Å². The molecule has 2 saturated heterocycles. The van der Waals surface area contributed by atoms with Crippen LogP contribution in [0.5, 0.6) is 0 Å². The zero-order valence-electron chi connectivity index (χ0n) is 22.5. The summed E-state index contributed by atoms with van der Waals surface area (Å²) in [7, 11) is 0. The lowest BCUT2D eigenvalue weighted by Crippen LogP contribution is -2.56. The van der Waals surface area contributed by atoms with Gasteiger partial charge in [-0.25, -0.2) is 14.1 Å². The number of likely N-dealkylation sites (tertiary alicyclic amines) is 2. The van der Waals surface area contributed by atoms with Crippen molar-refractivity contribution >= 4 is 11.8 Å². The van der Waals surface area contributed by atoms with Crippen molar-refractivity contribution in [1.82, 2.24) is 29.9 Å². The van der Waals surface area contributed by atoms with Gasteiger partial charge in [0.15, 0.2) is 5.82 Å². The summed E-state index contributed by atoms with van der Waals surface area (Å²) >= 11 is 0. The Kier molecular flexibility index (Phi) is 8.66. The van der Waals surface area contributed by atoms with Crippen LogP contribution in [0.4, 0.5) is 4.39 Å². The van der Waals surface area contributed by atoms with Gasteiger partial charge in [-0.15, -0.1) is 0 Å². The molecule has 8 nitrogen and oxygen atoms in total. The molecule has 3 heterocycles. The third-order valence-electron chi connectivity index (χ3n) is 7.92. The molecule has 2 fully saturated rings. The fourth-order valence-corrected chi connectivity index (χ4v) is 5.44.